The summed E-state index contributed by atoms with van der Waals surface area (Å²) in [6, 6.07) is 10.2. The molecule has 0 N–H and O–H groups in total. The first-order valence-corrected chi connectivity index (χ1v) is 10.5. The quantitative estimate of drug-likeness (QED) is 0.516. The molecule has 29 heavy (non-hydrogen) atoms. The van der Waals surface area contributed by atoms with E-state index in [4.69, 9.17) is 16.3 Å². The van der Waals surface area contributed by atoms with Gasteiger partial charge >= 0.3 is 12.1 Å². The molecule has 0 aliphatic carbocycles. The van der Waals surface area contributed by atoms with Crippen molar-refractivity contribution in [3.05, 3.63) is 59.1 Å². The number of esters is 1. The monoisotopic (exact) mass is 447 g/mol. The van der Waals surface area contributed by atoms with Crippen molar-refractivity contribution in [3.8, 4) is 5.75 Å². The number of sulfonamides is 1. The summed E-state index contributed by atoms with van der Waals surface area (Å²) in [7, 11) is -3.74. The first-order valence-electron chi connectivity index (χ1n) is 8.72. The molecule has 0 radical (unpaired) electrons. The van der Waals surface area contributed by atoms with E-state index in [0.717, 1.165) is 12.1 Å². The molecule has 1 saturated heterocycles. The van der Waals surface area contributed by atoms with Crippen LogP contribution in [0.1, 0.15) is 18.4 Å². The average Bonchev–Trinajstić information content (AvgIpc) is 2.68. The topological polar surface area (TPSA) is 63.7 Å². The lowest BCUT2D eigenvalue weighted by Gasteiger charge is -2.30. The number of hydrogen-bond acceptors (Lipinski definition) is 4. The van der Waals surface area contributed by atoms with Gasteiger partial charge in [0.1, 0.15) is 5.75 Å². The van der Waals surface area contributed by atoms with Gasteiger partial charge in [-0.1, -0.05) is 23.7 Å². The highest BCUT2D eigenvalue weighted by atomic mass is 35.5. The average molecular weight is 448 g/mol. The van der Waals surface area contributed by atoms with E-state index in [1.165, 1.54) is 40.7 Å². The van der Waals surface area contributed by atoms with Crippen LogP contribution in [-0.2, 0) is 21.0 Å². The molecular weight excluding hydrogens is 431 g/mol. The fourth-order valence-corrected chi connectivity index (χ4v) is 4.66. The number of rotatable bonds is 4. The van der Waals surface area contributed by atoms with Crippen molar-refractivity contribution in [2.75, 3.05) is 13.1 Å². The van der Waals surface area contributed by atoms with Crippen LogP contribution in [-0.4, -0.2) is 31.8 Å². The maximum Gasteiger partial charge on any atom is 0.419 e. The minimum atomic E-state index is -4.65. The largest absolute Gasteiger partial charge is 0.426 e. The molecule has 0 atom stereocenters. The highest BCUT2D eigenvalue weighted by Crippen LogP contribution is 2.36. The number of piperidine rings is 1. The first kappa shape index (κ1) is 21.6. The van der Waals surface area contributed by atoms with E-state index in [0.29, 0.717) is 5.02 Å². The molecule has 0 bridgehead atoms. The minimum Gasteiger partial charge on any atom is -0.426 e. The zero-order valence-electron chi connectivity index (χ0n) is 15.0. The van der Waals surface area contributed by atoms with Gasteiger partial charge < -0.3 is 4.74 Å². The fourth-order valence-electron chi connectivity index (χ4n) is 3.07. The van der Waals surface area contributed by atoms with Crippen LogP contribution in [0.25, 0.3) is 0 Å². The molecule has 0 unspecified atom stereocenters. The van der Waals surface area contributed by atoms with E-state index >= 15 is 0 Å². The molecule has 5 nitrogen and oxygen atoms in total. The summed E-state index contributed by atoms with van der Waals surface area (Å²) in [6.07, 6.45) is -4.34. The Labute approximate surface area is 171 Å². The van der Waals surface area contributed by atoms with Crippen molar-refractivity contribution < 1.29 is 31.1 Å². The zero-order valence-corrected chi connectivity index (χ0v) is 16.6. The summed E-state index contributed by atoms with van der Waals surface area (Å²) in [5.74, 6) is -2.04. The molecule has 156 valence electrons. The fraction of sp³-hybridized carbons (Fsp3) is 0.316. The SMILES string of the molecule is O=C(Oc1ccccc1C(F)(F)F)C1CCN(S(=O)(=O)c2ccc(Cl)cc2)CC1. The second kappa shape index (κ2) is 8.33. The number of halogens is 4. The standard InChI is InChI=1S/C19H17ClF3NO4S/c20-14-5-7-15(8-6-14)29(26,27)24-11-9-13(10-12-24)18(25)28-17-4-2-1-3-16(17)19(21,22)23/h1-8,13H,9-12H2. The molecule has 2 aromatic carbocycles. The van der Waals surface area contributed by atoms with E-state index < -0.39 is 39.4 Å². The van der Waals surface area contributed by atoms with Crippen LogP contribution < -0.4 is 4.74 Å². The normalized spacial score (nSPS) is 16.6. The van der Waals surface area contributed by atoms with Crippen molar-refractivity contribution in [3.63, 3.8) is 0 Å². The van der Waals surface area contributed by atoms with E-state index in [2.05, 4.69) is 0 Å². The maximum absolute atomic E-state index is 13.0. The van der Waals surface area contributed by atoms with E-state index in [9.17, 15) is 26.4 Å². The summed E-state index contributed by atoms with van der Waals surface area (Å²) >= 11 is 5.78. The molecule has 0 spiro atoms. The van der Waals surface area contributed by atoms with Crippen molar-refractivity contribution in [1.29, 1.82) is 0 Å². The van der Waals surface area contributed by atoms with Crippen LogP contribution in [0.5, 0.6) is 5.75 Å². The van der Waals surface area contributed by atoms with Gasteiger partial charge in [-0.15, -0.1) is 0 Å². The minimum absolute atomic E-state index is 0.0612. The van der Waals surface area contributed by atoms with E-state index in [1.807, 2.05) is 0 Å². The number of alkyl halides is 3. The van der Waals surface area contributed by atoms with Gasteiger partial charge in [0.25, 0.3) is 0 Å². The number of carbonyl (C=O) groups is 1. The molecule has 3 rings (SSSR count). The smallest absolute Gasteiger partial charge is 0.419 e. The number of hydrogen-bond donors (Lipinski definition) is 0. The lowest BCUT2D eigenvalue weighted by molar-refractivity contribution is -0.145. The molecular formula is C19H17ClF3NO4S. The first-order chi connectivity index (χ1) is 13.6. The van der Waals surface area contributed by atoms with Gasteiger partial charge in [-0.25, -0.2) is 8.42 Å². The Balaban J connectivity index is 1.65. The molecule has 1 aliphatic rings. The van der Waals surface area contributed by atoms with Crippen molar-refractivity contribution in [1.82, 2.24) is 4.31 Å². The predicted molar refractivity (Wildman–Crippen MR) is 100 cm³/mol. The van der Waals surface area contributed by atoms with Gasteiger partial charge in [0.2, 0.25) is 10.0 Å². The van der Waals surface area contributed by atoms with E-state index in [-0.39, 0.29) is 30.8 Å². The number of ether oxygens (including phenoxy) is 1. The number of benzene rings is 2. The van der Waals surface area contributed by atoms with Gasteiger partial charge in [-0.05, 0) is 49.2 Å². The molecule has 0 aromatic heterocycles. The van der Waals surface area contributed by atoms with Crippen molar-refractivity contribution in [2.24, 2.45) is 5.92 Å². The van der Waals surface area contributed by atoms with Gasteiger partial charge in [0.15, 0.2) is 0 Å². The second-order valence-electron chi connectivity index (χ2n) is 6.55. The van der Waals surface area contributed by atoms with Crippen LogP contribution in [0.3, 0.4) is 0 Å². The highest BCUT2D eigenvalue weighted by molar-refractivity contribution is 7.89. The van der Waals surface area contributed by atoms with E-state index in [1.54, 1.807) is 0 Å². The molecule has 1 fully saturated rings. The lowest BCUT2D eigenvalue weighted by Crippen LogP contribution is -2.41. The van der Waals surface area contributed by atoms with Gasteiger partial charge in [0.05, 0.1) is 16.4 Å². The van der Waals surface area contributed by atoms with Crippen LogP contribution in [0.4, 0.5) is 13.2 Å². The Morgan fingerprint density at radius 3 is 2.21 bits per heavy atom. The van der Waals surface area contributed by atoms with Gasteiger partial charge in [-0.2, -0.15) is 17.5 Å². The van der Waals surface area contributed by atoms with Gasteiger partial charge in [-0.3, -0.25) is 4.79 Å². The molecule has 0 saturated carbocycles. The molecule has 2 aromatic rings. The molecule has 1 aliphatic heterocycles. The Bertz CT molecular complexity index is 985. The summed E-state index contributed by atoms with van der Waals surface area (Å²) in [5, 5.41) is 0.407. The Morgan fingerprint density at radius 2 is 1.62 bits per heavy atom. The van der Waals surface area contributed by atoms with Crippen molar-refractivity contribution in [2.45, 2.75) is 23.9 Å². The van der Waals surface area contributed by atoms with Crippen LogP contribution in [0, 0.1) is 5.92 Å². The van der Waals surface area contributed by atoms with Crippen LogP contribution in [0.2, 0.25) is 5.02 Å². The molecule has 1 heterocycles. The van der Waals surface area contributed by atoms with Crippen molar-refractivity contribution >= 4 is 27.6 Å². The van der Waals surface area contributed by atoms with Crippen LogP contribution in [0.15, 0.2) is 53.4 Å². The second-order valence-corrected chi connectivity index (χ2v) is 8.92. The Kier molecular flexibility index (Phi) is 6.21. The van der Waals surface area contributed by atoms with Gasteiger partial charge in [0, 0.05) is 18.1 Å². The summed E-state index contributed by atoms with van der Waals surface area (Å²) < 4.78 is 70.7. The maximum atomic E-state index is 13.0. The van der Waals surface area contributed by atoms with Crippen LogP contribution >= 0.6 is 11.6 Å². The third-order valence-electron chi connectivity index (χ3n) is 4.64. The molecule has 10 heteroatoms. The highest BCUT2D eigenvalue weighted by Gasteiger charge is 2.37. The number of carbonyl (C=O) groups excluding carboxylic acids is 1. The molecule has 0 amide bonds. The lowest BCUT2D eigenvalue weighted by atomic mass is 9.98. The summed E-state index contributed by atoms with van der Waals surface area (Å²) in [6.45, 7) is 0.122. The Morgan fingerprint density at radius 1 is 1.03 bits per heavy atom. The predicted octanol–water partition coefficient (Wildman–Crippen LogP) is 4.37. The summed E-state index contributed by atoms with van der Waals surface area (Å²) in [5.41, 5.74) is -1.03. The number of para-hydroxylation sites is 1. The zero-order chi connectivity index (χ0) is 21.2. The third kappa shape index (κ3) is 4.91. The number of nitrogens with zero attached hydrogens (tertiary/aromatic N) is 1. The summed E-state index contributed by atoms with van der Waals surface area (Å²) in [4.78, 5) is 12.4. The Hall–Kier alpha value is -2.10. The third-order valence-corrected chi connectivity index (χ3v) is 6.81.